The molecule has 0 aliphatic carbocycles. The number of rotatable bonds is 10. The quantitative estimate of drug-likeness (QED) is 0.660. The second-order valence-electron chi connectivity index (χ2n) is 7.27. The first-order valence-electron chi connectivity index (χ1n) is 10.4. The molecule has 3 rings (SSSR count). The van der Waals surface area contributed by atoms with Gasteiger partial charge in [-0.05, 0) is 31.4 Å². The van der Waals surface area contributed by atoms with Crippen molar-refractivity contribution >= 4 is 11.8 Å². The zero-order valence-corrected chi connectivity index (χ0v) is 17.2. The zero-order valence-electron chi connectivity index (χ0n) is 17.2. The van der Waals surface area contributed by atoms with E-state index in [1.807, 2.05) is 41.6 Å². The van der Waals surface area contributed by atoms with Gasteiger partial charge in [0.1, 0.15) is 6.26 Å². The Morgan fingerprint density at radius 3 is 2.97 bits per heavy atom. The van der Waals surface area contributed by atoms with E-state index < -0.39 is 0 Å². The number of carbonyl (C=O) groups is 2. The predicted octanol–water partition coefficient (Wildman–Crippen LogP) is 2.58. The molecule has 1 saturated heterocycles. The summed E-state index contributed by atoms with van der Waals surface area (Å²) in [4.78, 5) is 30.6. The Labute approximate surface area is 171 Å². The van der Waals surface area contributed by atoms with Gasteiger partial charge >= 0.3 is 0 Å². The summed E-state index contributed by atoms with van der Waals surface area (Å²) in [5.74, 6) is 0.335. The molecule has 29 heavy (non-hydrogen) atoms. The van der Waals surface area contributed by atoms with E-state index in [0.717, 1.165) is 31.6 Å². The van der Waals surface area contributed by atoms with E-state index in [1.54, 1.807) is 0 Å². The number of carbonyl (C=O) groups excluding carboxylic acids is 2. The van der Waals surface area contributed by atoms with Crippen molar-refractivity contribution in [3.05, 3.63) is 41.9 Å². The van der Waals surface area contributed by atoms with Crippen LogP contribution in [0.4, 0.5) is 0 Å². The molecule has 0 bridgehead atoms. The van der Waals surface area contributed by atoms with Gasteiger partial charge in [-0.2, -0.15) is 0 Å². The number of oxazole rings is 1. The van der Waals surface area contributed by atoms with Crippen molar-refractivity contribution in [2.75, 3.05) is 19.7 Å². The van der Waals surface area contributed by atoms with Crippen LogP contribution < -0.4 is 5.32 Å². The minimum atomic E-state index is -0.231. The molecule has 3 heterocycles. The molecule has 2 aromatic rings. The Morgan fingerprint density at radius 2 is 2.24 bits per heavy atom. The topological polar surface area (TPSA) is 89.6 Å². The van der Waals surface area contributed by atoms with Gasteiger partial charge in [-0.25, -0.2) is 4.98 Å². The Hall–Kier alpha value is -2.61. The van der Waals surface area contributed by atoms with Gasteiger partial charge in [-0.15, -0.1) is 0 Å². The minimum absolute atomic E-state index is 0.110. The van der Waals surface area contributed by atoms with Crippen molar-refractivity contribution in [1.29, 1.82) is 0 Å². The summed E-state index contributed by atoms with van der Waals surface area (Å²) >= 11 is 0. The van der Waals surface area contributed by atoms with Crippen LogP contribution >= 0.6 is 0 Å². The molecule has 158 valence electrons. The maximum Gasteiger partial charge on any atom is 0.273 e. The van der Waals surface area contributed by atoms with E-state index in [-0.39, 0.29) is 23.6 Å². The Kier molecular flexibility index (Phi) is 7.46. The van der Waals surface area contributed by atoms with Gasteiger partial charge in [-0.1, -0.05) is 13.8 Å². The molecule has 1 atom stereocenters. The molecule has 1 N–H and O–H groups in total. The SMILES string of the molecule is CCCNC(=O)c1coc(Cn2cccc2CN(C[C@@H]2CCCO2)C(=O)CC)n1. The Bertz CT molecular complexity index is 807. The molecule has 2 aromatic heterocycles. The molecular weight excluding hydrogens is 372 g/mol. The van der Waals surface area contributed by atoms with E-state index in [4.69, 9.17) is 9.15 Å². The van der Waals surface area contributed by atoms with E-state index >= 15 is 0 Å². The average molecular weight is 402 g/mol. The van der Waals surface area contributed by atoms with Crippen LogP contribution in [0.25, 0.3) is 0 Å². The number of nitrogens with one attached hydrogen (secondary N) is 1. The number of amides is 2. The van der Waals surface area contributed by atoms with Crippen molar-refractivity contribution in [2.45, 2.75) is 58.7 Å². The van der Waals surface area contributed by atoms with Crippen molar-refractivity contribution < 1.29 is 18.7 Å². The summed E-state index contributed by atoms with van der Waals surface area (Å²) in [7, 11) is 0. The molecule has 1 aliphatic heterocycles. The van der Waals surface area contributed by atoms with Crippen molar-refractivity contribution in [3.8, 4) is 0 Å². The highest BCUT2D eigenvalue weighted by molar-refractivity contribution is 5.91. The van der Waals surface area contributed by atoms with Gasteiger partial charge < -0.3 is 23.9 Å². The van der Waals surface area contributed by atoms with Crippen molar-refractivity contribution in [3.63, 3.8) is 0 Å². The summed E-state index contributed by atoms with van der Waals surface area (Å²) in [5.41, 5.74) is 1.27. The number of hydrogen-bond donors (Lipinski definition) is 1. The monoisotopic (exact) mass is 402 g/mol. The smallest absolute Gasteiger partial charge is 0.273 e. The third kappa shape index (κ3) is 5.69. The van der Waals surface area contributed by atoms with E-state index in [9.17, 15) is 9.59 Å². The molecule has 0 radical (unpaired) electrons. The number of aromatic nitrogens is 2. The molecule has 2 amide bonds. The van der Waals surface area contributed by atoms with Gasteiger partial charge in [0.05, 0.1) is 19.2 Å². The van der Waals surface area contributed by atoms with Crippen LogP contribution in [0.5, 0.6) is 0 Å². The maximum absolute atomic E-state index is 12.4. The van der Waals surface area contributed by atoms with E-state index in [0.29, 0.717) is 38.5 Å². The van der Waals surface area contributed by atoms with Crippen LogP contribution in [-0.4, -0.2) is 52.1 Å². The zero-order chi connectivity index (χ0) is 20.6. The summed E-state index contributed by atoms with van der Waals surface area (Å²) in [6.07, 6.45) is 6.79. The second-order valence-corrected chi connectivity index (χ2v) is 7.27. The van der Waals surface area contributed by atoms with Crippen LogP contribution in [0.2, 0.25) is 0 Å². The predicted molar refractivity (Wildman–Crippen MR) is 107 cm³/mol. The number of hydrogen-bond acceptors (Lipinski definition) is 5. The summed E-state index contributed by atoms with van der Waals surface area (Å²) in [6.45, 7) is 6.76. The Balaban J connectivity index is 1.65. The van der Waals surface area contributed by atoms with Gasteiger partial charge in [0, 0.05) is 38.0 Å². The third-order valence-corrected chi connectivity index (χ3v) is 5.01. The second kappa shape index (κ2) is 10.2. The summed E-state index contributed by atoms with van der Waals surface area (Å²) < 4.78 is 13.2. The summed E-state index contributed by atoms with van der Waals surface area (Å²) in [6, 6.07) is 3.93. The lowest BCUT2D eigenvalue weighted by Gasteiger charge is -2.25. The molecule has 0 saturated carbocycles. The van der Waals surface area contributed by atoms with Crippen LogP contribution in [0.1, 0.15) is 61.6 Å². The van der Waals surface area contributed by atoms with Gasteiger partial charge in [-0.3, -0.25) is 9.59 Å². The number of ether oxygens (including phenoxy) is 1. The van der Waals surface area contributed by atoms with E-state index in [1.165, 1.54) is 6.26 Å². The lowest BCUT2D eigenvalue weighted by atomic mass is 10.2. The standard InChI is InChI=1S/C21H30N4O4/c1-3-9-22-21(27)18-15-29-19(23-18)14-24-10-5-7-16(24)12-25(20(26)4-2)13-17-8-6-11-28-17/h5,7,10,15,17H,3-4,6,8-9,11-14H2,1-2H3,(H,22,27)/t17-/m0/s1. The lowest BCUT2D eigenvalue weighted by Crippen LogP contribution is -2.37. The molecule has 1 aliphatic rings. The maximum atomic E-state index is 12.4. The first-order valence-corrected chi connectivity index (χ1v) is 10.4. The molecule has 8 heteroatoms. The van der Waals surface area contributed by atoms with Crippen LogP contribution in [0, 0.1) is 0 Å². The van der Waals surface area contributed by atoms with Gasteiger partial charge in [0.15, 0.2) is 5.69 Å². The fourth-order valence-electron chi connectivity index (χ4n) is 3.42. The summed E-state index contributed by atoms with van der Waals surface area (Å²) in [5, 5.41) is 2.79. The van der Waals surface area contributed by atoms with Gasteiger partial charge in [0.2, 0.25) is 11.8 Å². The first kappa shape index (κ1) is 21.1. The molecule has 1 fully saturated rings. The van der Waals surface area contributed by atoms with Crippen LogP contribution in [-0.2, 0) is 22.6 Å². The van der Waals surface area contributed by atoms with Crippen molar-refractivity contribution in [2.24, 2.45) is 0 Å². The minimum Gasteiger partial charge on any atom is -0.446 e. The van der Waals surface area contributed by atoms with E-state index in [2.05, 4.69) is 10.3 Å². The molecule has 0 spiro atoms. The highest BCUT2D eigenvalue weighted by atomic mass is 16.5. The fourth-order valence-corrected chi connectivity index (χ4v) is 3.42. The Morgan fingerprint density at radius 1 is 1.38 bits per heavy atom. The highest BCUT2D eigenvalue weighted by Crippen LogP contribution is 2.17. The first-order chi connectivity index (χ1) is 14.1. The third-order valence-electron chi connectivity index (χ3n) is 5.01. The molecule has 8 nitrogen and oxygen atoms in total. The van der Waals surface area contributed by atoms with Crippen LogP contribution in [0.3, 0.4) is 0 Å². The lowest BCUT2D eigenvalue weighted by molar-refractivity contribution is -0.133. The van der Waals surface area contributed by atoms with Crippen LogP contribution in [0.15, 0.2) is 29.0 Å². The fraction of sp³-hybridized carbons (Fsp3) is 0.571. The molecule has 0 aromatic carbocycles. The molecular formula is C21H30N4O4. The van der Waals surface area contributed by atoms with Crippen molar-refractivity contribution in [1.82, 2.24) is 19.8 Å². The molecule has 0 unspecified atom stereocenters. The normalized spacial score (nSPS) is 16.1. The highest BCUT2D eigenvalue weighted by Gasteiger charge is 2.23. The van der Waals surface area contributed by atoms with Gasteiger partial charge in [0.25, 0.3) is 5.91 Å². The largest absolute Gasteiger partial charge is 0.446 e. The average Bonchev–Trinajstić information content (AvgIpc) is 3.48. The number of nitrogens with zero attached hydrogens (tertiary/aromatic N) is 3.